The molecule has 1 aromatic carbocycles. The summed E-state index contributed by atoms with van der Waals surface area (Å²) in [6, 6.07) is 8.43. The van der Waals surface area contributed by atoms with Crippen LogP contribution in [0.3, 0.4) is 0 Å². The zero-order valence-electron chi connectivity index (χ0n) is 14.8. The summed E-state index contributed by atoms with van der Waals surface area (Å²) in [5, 5.41) is 2.05. The number of benzene rings is 1. The molecule has 0 aliphatic carbocycles. The second-order valence-corrected chi connectivity index (χ2v) is 6.74. The molecule has 27 heavy (non-hydrogen) atoms. The predicted octanol–water partition coefficient (Wildman–Crippen LogP) is 4.39. The van der Waals surface area contributed by atoms with E-state index in [2.05, 4.69) is 15.0 Å². The van der Waals surface area contributed by atoms with Gasteiger partial charge in [0.05, 0.1) is 17.1 Å². The molecular weight excluding hydrogens is 357 g/mol. The van der Waals surface area contributed by atoms with E-state index in [1.807, 2.05) is 43.4 Å². The highest BCUT2D eigenvalue weighted by Crippen LogP contribution is 2.27. The Morgan fingerprint density at radius 2 is 1.85 bits per heavy atom. The Hall–Kier alpha value is -2.90. The first-order valence-electron chi connectivity index (χ1n) is 8.52. The van der Waals surface area contributed by atoms with Gasteiger partial charge in [-0.1, -0.05) is 19.9 Å². The number of alkyl halides is 3. The van der Waals surface area contributed by atoms with Crippen molar-refractivity contribution < 1.29 is 18.0 Å². The third kappa shape index (κ3) is 4.45. The molecule has 0 saturated carbocycles. The first kappa shape index (κ1) is 18.9. The average Bonchev–Trinajstić information content (AvgIpc) is 3.04. The molecule has 5 nitrogen and oxygen atoms in total. The third-order valence-corrected chi connectivity index (χ3v) is 4.11. The Morgan fingerprint density at radius 1 is 1.15 bits per heavy atom. The molecular formula is C19H19F3N4O. The molecule has 0 aliphatic heterocycles. The van der Waals surface area contributed by atoms with Crippen LogP contribution in [-0.2, 0) is 4.79 Å². The molecule has 8 heteroatoms. The number of aromatic amines is 1. The largest absolute Gasteiger partial charge is 0.471 e. The van der Waals surface area contributed by atoms with Crippen LogP contribution < -0.4 is 5.32 Å². The fourth-order valence-electron chi connectivity index (χ4n) is 2.87. The van der Waals surface area contributed by atoms with Crippen LogP contribution in [0.2, 0.25) is 0 Å². The number of amides is 1. The van der Waals surface area contributed by atoms with Gasteiger partial charge in [-0.05, 0) is 47.7 Å². The van der Waals surface area contributed by atoms with Crippen LogP contribution in [0.15, 0.2) is 42.7 Å². The van der Waals surface area contributed by atoms with E-state index in [1.165, 1.54) is 0 Å². The van der Waals surface area contributed by atoms with Crippen LogP contribution >= 0.6 is 0 Å². The summed E-state index contributed by atoms with van der Waals surface area (Å²) in [5.41, 5.74) is 3.21. The Bertz CT molecular complexity index is 935. The van der Waals surface area contributed by atoms with Crippen LogP contribution in [0.5, 0.6) is 0 Å². The summed E-state index contributed by atoms with van der Waals surface area (Å²) in [4.78, 5) is 22.8. The number of aromatic nitrogens is 3. The van der Waals surface area contributed by atoms with Gasteiger partial charge in [-0.15, -0.1) is 0 Å². The lowest BCUT2D eigenvalue weighted by Gasteiger charge is -2.19. The smallest absolute Gasteiger partial charge is 0.340 e. The normalized spacial score (nSPS) is 13.1. The summed E-state index contributed by atoms with van der Waals surface area (Å²) in [7, 11) is 0. The summed E-state index contributed by atoms with van der Waals surface area (Å²) in [6.45, 7) is 3.74. The Kier molecular flexibility index (Phi) is 5.16. The molecule has 2 aromatic heterocycles. The second-order valence-electron chi connectivity index (χ2n) is 6.74. The second kappa shape index (κ2) is 7.38. The quantitative estimate of drug-likeness (QED) is 0.694. The third-order valence-electron chi connectivity index (χ3n) is 4.11. The molecule has 142 valence electrons. The molecule has 0 radical (unpaired) electrons. The lowest BCUT2D eigenvalue weighted by atomic mass is 10.0. The van der Waals surface area contributed by atoms with E-state index < -0.39 is 18.1 Å². The van der Waals surface area contributed by atoms with Gasteiger partial charge in [-0.2, -0.15) is 13.2 Å². The lowest BCUT2D eigenvalue weighted by molar-refractivity contribution is -0.174. The Morgan fingerprint density at radius 3 is 2.48 bits per heavy atom. The summed E-state index contributed by atoms with van der Waals surface area (Å²) < 4.78 is 38.0. The van der Waals surface area contributed by atoms with Crippen molar-refractivity contribution in [1.82, 2.24) is 20.3 Å². The first-order chi connectivity index (χ1) is 12.7. The zero-order valence-corrected chi connectivity index (χ0v) is 14.8. The van der Waals surface area contributed by atoms with Crippen molar-refractivity contribution in [3.05, 3.63) is 48.5 Å². The van der Waals surface area contributed by atoms with E-state index in [1.54, 1.807) is 18.5 Å². The predicted molar refractivity (Wildman–Crippen MR) is 95.7 cm³/mol. The first-order valence-corrected chi connectivity index (χ1v) is 8.52. The van der Waals surface area contributed by atoms with Gasteiger partial charge < -0.3 is 10.3 Å². The average molecular weight is 376 g/mol. The monoisotopic (exact) mass is 376 g/mol. The number of H-pyrrole nitrogens is 1. The summed E-state index contributed by atoms with van der Waals surface area (Å²) in [6.07, 6.45) is -1.23. The van der Waals surface area contributed by atoms with E-state index in [0.717, 1.165) is 11.1 Å². The van der Waals surface area contributed by atoms with Gasteiger partial charge in [0, 0.05) is 12.4 Å². The van der Waals surface area contributed by atoms with Gasteiger partial charge in [0.25, 0.3) is 0 Å². The maximum absolute atomic E-state index is 12.7. The maximum Gasteiger partial charge on any atom is 0.471 e. The molecule has 0 unspecified atom stereocenters. The standard InChI is InChI=1S/C19H19F3N4O/c1-11(2)9-16(26-18(27)19(20,21)22)17-24-14-4-3-13(10-15(14)25-17)12-5-7-23-8-6-12/h3-8,10-11,16H,9H2,1-2H3,(H,24,25)(H,26,27)/t16-/m1/s1. The number of imidazole rings is 1. The highest BCUT2D eigenvalue weighted by molar-refractivity contribution is 5.83. The van der Waals surface area contributed by atoms with Crippen molar-refractivity contribution in [2.24, 2.45) is 5.92 Å². The number of rotatable bonds is 5. The number of nitrogens with one attached hydrogen (secondary N) is 2. The molecule has 0 bridgehead atoms. The number of nitrogens with zero attached hydrogens (tertiary/aromatic N) is 2. The van der Waals surface area contributed by atoms with Gasteiger partial charge in [-0.3, -0.25) is 9.78 Å². The molecule has 0 fully saturated rings. The lowest BCUT2D eigenvalue weighted by Crippen LogP contribution is -2.39. The van der Waals surface area contributed by atoms with Crippen molar-refractivity contribution >= 4 is 16.9 Å². The molecule has 1 atom stereocenters. The topological polar surface area (TPSA) is 70.7 Å². The maximum atomic E-state index is 12.7. The summed E-state index contributed by atoms with van der Waals surface area (Å²) in [5.74, 6) is -1.58. The van der Waals surface area contributed by atoms with E-state index in [0.29, 0.717) is 23.3 Å². The number of pyridine rings is 1. The van der Waals surface area contributed by atoms with Gasteiger partial charge in [0.15, 0.2) is 0 Å². The van der Waals surface area contributed by atoms with E-state index in [4.69, 9.17) is 0 Å². The molecule has 2 heterocycles. The van der Waals surface area contributed by atoms with Crippen molar-refractivity contribution in [1.29, 1.82) is 0 Å². The molecule has 0 saturated heterocycles. The molecule has 1 amide bonds. The Labute approximate surface area is 154 Å². The van der Waals surface area contributed by atoms with Crippen molar-refractivity contribution in [3.63, 3.8) is 0 Å². The highest BCUT2D eigenvalue weighted by Gasteiger charge is 2.40. The van der Waals surface area contributed by atoms with E-state index in [-0.39, 0.29) is 5.92 Å². The van der Waals surface area contributed by atoms with Crippen LogP contribution in [0, 0.1) is 5.92 Å². The number of hydrogen-bond acceptors (Lipinski definition) is 3. The van der Waals surface area contributed by atoms with Gasteiger partial charge in [0.2, 0.25) is 0 Å². The van der Waals surface area contributed by atoms with Crippen LogP contribution in [0.1, 0.15) is 32.1 Å². The van der Waals surface area contributed by atoms with Crippen LogP contribution in [0.4, 0.5) is 13.2 Å². The minimum atomic E-state index is -4.93. The number of carbonyl (C=O) groups is 1. The van der Waals surface area contributed by atoms with E-state index >= 15 is 0 Å². The zero-order chi connectivity index (χ0) is 19.6. The molecule has 3 rings (SSSR count). The fraction of sp³-hybridized carbons (Fsp3) is 0.316. The number of halogens is 3. The van der Waals surface area contributed by atoms with E-state index in [9.17, 15) is 18.0 Å². The van der Waals surface area contributed by atoms with Crippen molar-refractivity contribution in [3.8, 4) is 11.1 Å². The minimum absolute atomic E-state index is 0.0733. The van der Waals surface area contributed by atoms with Crippen LogP contribution in [-0.4, -0.2) is 27.0 Å². The van der Waals surface area contributed by atoms with Gasteiger partial charge in [-0.25, -0.2) is 4.98 Å². The Balaban J connectivity index is 1.94. The molecule has 3 aromatic rings. The van der Waals surface area contributed by atoms with Crippen LogP contribution in [0.25, 0.3) is 22.2 Å². The van der Waals surface area contributed by atoms with Crippen molar-refractivity contribution in [2.45, 2.75) is 32.5 Å². The minimum Gasteiger partial charge on any atom is -0.340 e. The fourth-order valence-corrected chi connectivity index (χ4v) is 2.87. The SMILES string of the molecule is CC(C)C[C@@H](NC(=O)C(F)(F)F)c1nc2ccc(-c3ccncc3)cc2[nH]1. The van der Waals surface area contributed by atoms with Gasteiger partial charge in [0.1, 0.15) is 5.82 Å². The van der Waals surface area contributed by atoms with Crippen molar-refractivity contribution in [2.75, 3.05) is 0 Å². The molecule has 0 spiro atoms. The highest BCUT2D eigenvalue weighted by atomic mass is 19.4. The van der Waals surface area contributed by atoms with Gasteiger partial charge >= 0.3 is 12.1 Å². The number of hydrogen-bond donors (Lipinski definition) is 2. The number of carbonyl (C=O) groups excluding carboxylic acids is 1. The summed E-state index contributed by atoms with van der Waals surface area (Å²) >= 11 is 0. The number of fused-ring (bicyclic) bond motifs is 1. The molecule has 0 aliphatic rings. The molecule has 2 N–H and O–H groups in total.